The van der Waals surface area contributed by atoms with Gasteiger partial charge in [0.05, 0.1) is 0 Å². The van der Waals surface area contributed by atoms with Crippen molar-refractivity contribution in [2.75, 3.05) is 5.32 Å². The quantitative estimate of drug-likeness (QED) is 0.688. The average Bonchev–Trinajstić information content (AvgIpc) is 2.42. The molecule has 2 aromatic carbocycles. The number of aryl methyl sites for hydroxylation is 2. The molecule has 0 heterocycles. The fourth-order valence-corrected chi connectivity index (χ4v) is 1.87. The van der Waals surface area contributed by atoms with Gasteiger partial charge in [-0.1, -0.05) is 17.7 Å². The van der Waals surface area contributed by atoms with Crippen LogP contribution >= 0.6 is 0 Å². The minimum atomic E-state index is -0.733. The summed E-state index contributed by atoms with van der Waals surface area (Å²) in [7, 11) is 0. The summed E-state index contributed by atoms with van der Waals surface area (Å²) < 4.78 is 12.8. The van der Waals surface area contributed by atoms with Crippen molar-refractivity contribution in [1.82, 2.24) is 0 Å². The van der Waals surface area contributed by atoms with Crippen LogP contribution in [0.15, 0.2) is 42.5 Å². The van der Waals surface area contributed by atoms with Crippen molar-refractivity contribution >= 4 is 17.4 Å². The van der Waals surface area contributed by atoms with Gasteiger partial charge >= 0.3 is 0 Å². The third-order valence-corrected chi connectivity index (χ3v) is 2.94. The van der Waals surface area contributed by atoms with E-state index in [0.717, 1.165) is 23.3 Å². The molecule has 0 aliphatic heterocycles. The summed E-state index contributed by atoms with van der Waals surface area (Å²) in [6.45, 7) is 3.80. The zero-order valence-corrected chi connectivity index (χ0v) is 11.2. The normalized spacial score (nSPS) is 10.2. The van der Waals surface area contributed by atoms with E-state index in [1.165, 1.54) is 12.1 Å². The Bertz CT molecular complexity index is 663. The topological polar surface area (TPSA) is 46.2 Å². The predicted octanol–water partition coefficient (Wildman–Crippen LogP) is 3.26. The Morgan fingerprint density at radius 1 is 1.00 bits per heavy atom. The van der Waals surface area contributed by atoms with E-state index < -0.39 is 17.5 Å². The molecule has 0 fully saturated rings. The zero-order valence-electron chi connectivity index (χ0n) is 11.2. The van der Waals surface area contributed by atoms with Gasteiger partial charge in [0.1, 0.15) is 5.82 Å². The molecule has 0 saturated carbocycles. The summed E-state index contributed by atoms with van der Waals surface area (Å²) in [5.41, 5.74) is 2.71. The van der Waals surface area contributed by atoms with Gasteiger partial charge in [-0.25, -0.2) is 4.39 Å². The summed E-state index contributed by atoms with van der Waals surface area (Å²) in [6, 6.07) is 10.4. The number of carbonyl (C=O) groups is 2. The van der Waals surface area contributed by atoms with Gasteiger partial charge in [0.15, 0.2) is 0 Å². The van der Waals surface area contributed by atoms with E-state index in [-0.39, 0.29) is 5.56 Å². The highest BCUT2D eigenvalue weighted by Gasteiger charge is 2.16. The lowest BCUT2D eigenvalue weighted by atomic mass is 10.1. The Kier molecular flexibility index (Phi) is 3.94. The fraction of sp³-hybridized carbons (Fsp3) is 0.125. The molecular formula is C16H14FNO2. The number of carbonyl (C=O) groups excluding carboxylic acids is 2. The summed E-state index contributed by atoms with van der Waals surface area (Å²) in [5, 5.41) is 2.57. The number of hydrogen-bond acceptors (Lipinski definition) is 2. The Balaban J connectivity index is 2.15. The van der Waals surface area contributed by atoms with Crippen molar-refractivity contribution in [1.29, 1.82) is 0 Å². The highest BCUT2D eigenvalue weighted by molar-refractivity contribution is 6.46. The largest absolute Gasteiger partial charge is 0.319 e. The Labute approximate surface area is 116 Å². The second-order valence-corrected chi connectivity index (χ2v) is 4.61. The molecule has 4 heteroatoms. The fourth-order valence-electron chi connectivity index (χ4n) is 1.87. The number of halogens is 1. The van der Waals surface area contributed by atoms with Crippen LogP contribution in [0.4, 0.5) is 10.1 Å². The number of nitrogens with one attached hydrogen (secondary N) is 1. The first-order valence-electron chi connectivity index (χ1n) is 6.16. The average molecular weight is 271 g/mol. The summed E-state index contributed by atoms with van der Waals surface area (Å²) in [6.07, 6.45) is 0. The Morgan fingerprint density at radius 3 is 2.25 bits per heavy atom. The molecule has 1 N–H and O–H groups in total. The molecule has 0 spiro atoms. The summed E-state index contributed by atoms with van der Waals surface area (Å²) in [4.78, 5) is 23.8. The van der Waals surface area contributed by atoms with Crippen LogP contribution in [0.2, 0.25) is 0 Å². The van der Waals surface area contributed by atoms with Crippen molar-refractivity contribution in [3.05, 3.63) is 65.0 Å². The molecule has 0 aliphatic carbocycles. The number of anilines is 1. The van der Waals surface area contributed by atoms with Crippen LogP contribution in [0.3, 0.4) is 0 Å². The standard InChI is InChI=1S/C16H14FNO2/c1-10-3-8-14(11(2)9-10)18-16(20)15(19)12-4-6-13(17)7-5-12/h3-9H,1-2H3,(H,18,20). The number of amides is 1. The Morgan fingerprint density at radius 2 is 1.65 bits per heavy atom. The molecule has 1 amide bonds. The molecule has 2 aromatic rings. The smallest absolute Gasteiger partial charge is 0.296 e. The third-order valence-electron chi connectivity index (χ3n) is 2.94. The van der Waals surface area contributed by atoms with E-state index in [1.54, 1.807) is 6.07 Å². The molecule has 0 saturated heterocycles. The van der Waals surface area contributed by atoms with Crippen LogP contribution in [0.25, 0.3) is 0 Å². The monoisotopic (exact) mass is 271 g/mol. The first-order valence-corrected chi connectivity index (χ1v) is 6.16. The van der Waals surface area contributed by atoms with Crippen LogP contribution in [0.5, 0.6) is 0 Å². The molecule has 0 unspecified atom stereocenters. The van der Waals surface area contributed by atoms with Crippen molar-refractivity contribution in [3.63, 3.8) is 0 Å². The SMILES string of the molecule is Cc1ccc(NC(=O)C(=O)c2ccc(F)cc2)c(C)c1. The third kappa shape index (κ3) is 3.09. The number of Topliss-reactive ketones (excluding diaryl/α,β-unsaturated/α-hetero) is 1. The predicted molar refractivity (Wildman–Crippen MR) is 75.3 cm³/mol. The first kappa shape index (κ1) is 13.9. The van der Waals surface area contributed by atoms with Gasteiger partial charge in [0, 0.05) is 11.3 Å². The maximum Gasteiger partial charge on any atom is 0.296 e. The molecule has 0 radical (unpaired) electrons. The van der Waals surface area contributed by atoms with Crippen LogP contribution in [0, 0.1) is 19.7 Å². The molecule has 0 aromatic heterocycles. The molecular weight excluding hydrogens is 257 g/mol. The van der Waals surface area contributed by atoms with Gasteiger partial charge < -0.3 is 5.32 Å². The second kappa shape index (κ2) is 5.65. The van der Waals surface area contributed by atoms with Crippen LogP contribution in [-0.2, 0) is 4.79 Å². The number of ketones is 1. The molecule has 0 atom stereocenters. The molecule has 0 bridgehead atoms. The highest BCUT2D eigenvalue weighted by Crippen LogP contribution is 2.16. The minimum Gasteiger partial charge on any atom is -0.319 e. The summed E-state index contributed by atoms with van der Waals surface area (Å²) in [5.74, 6) is -1.87. The van der Waals surface area contributed by atoms with Crippen molar-refractivity contribution in [2.45, 2.75) is 13.8 Å². The lowest BCUT2D eigenvalue weighted by Gasteiger charge is -2.08. The van der Waals surface area contributed by atoms with E-state index in [4.69, 9.17) is 0 Å². The van der Waals surface area contributed by atoms with E-state index in [1.807, 2.05) is 26.0 Å². The van der Waals surface area contributed by atoms with E-state index in [9.17, 15) is 14.0 Å². The number of hydrogen-bond donors (Lipinski definition) is 1. The lowest BCUT2D eigenvalue weighted by molar-refractivity contribution is -0.112. The minimum absolute atomic E-state index is 0.161. The second-order valence-electron chi connectivity index (χ2n) is 4.61. The van der Waals surface area contributed by atoms with Crippen molar-refractivity contribution in [3.8, 4) is 0 Å². The van der Waals surface area contributed by atoms with E-state index in [0.29, 0.717) is 5.69 Å². The maximum absolute atomic E-state index is 12.8. The molecule has 3 nitrogen and oxygen atoms in total. The maximum atomic E-state index is 12.8. The van der Waals surface area contributed by atoms with E-state index in [2.05, 4.69) is 5.32 Å². The van der Waals surface area contributed by atoms with Gasteiger partial charge in [-0.3, -0.25) is 9.59 Å². The molecule has 20 heavy (non-hydrogen) atoms. The van der Waals surface area contributed by atoms with Crippen molar-refractivity contribution in [2.24, 2.45) is 0 Å². The highest BCUT2D eigenvalue weighted by atomic mass is 19.1. The lowest BCUT2D eigenvalue weighted by Crippen LogP contribution is -2.23. The van der Waals surface area contributed by atoms with Crippen LogP contribution in [0.1, 0.15) is 21.5 Å². The van der Waals surface area contributed by atoms with Gasteiger partial charge in [-0.2, -0.15) is 0 Å². The zero-order chi connectivity index (χ0) is 14.7. The van der Waals surface area contributed by atoms with Crippen molar-refractivity contribution < 1.29 is 14.0 Å². The van der Waals surface area contributed by atoms with Gasteiger partial charge in [-0.15, -0.1) is 0 Å². The molecule has 102 valence electrons. The first-order chi connectivity index (χ1) is 9.47. The molecule has 2 rings (SSSR count). The summed E-state index contributed by atoms with van der Waals surface area (Å²) >= 11 is 0. The van der Waals surface area contributed by atoms with Crippen LogP contribution < -0.4 is 5.32 Å². The van der Waals surface area contributed by atoms with Gasteiger partial charge in [-0.05, 0) is 49.7 Å². The Hall–Kier alpha value is -2.49. The van der Waals surface area contributed by atoms with E-state index >= 15 is 0 Å². The van der Waals surface area contributed by atoms with Gasteiger partial charge in [0.2, 0.25) is 0 Å². The number of benzene rings is 2. The van der Waals surface area contributed by atoms with Gasteiger partial charge in [0.25, 0.3) is 11.7 Å². The molecule has 0 aliphatic rings. The van der Waals surface area contributed by atoms with Crippen LogP contribution in [-0.4, -0.2) is 11.7 Å². The number of rotatable bonds is 3.